The Morgan fingerprint density at radius 1 is 1.05 bits per heavy atom. The van der Waals surface area contributed by atoms with Gasteiger partial charge in [-0.25, -0.2) is 0 Å². The molecule has 4 heteroatoms. The maximum atomic E-state index is 12.2. The van der Waals surface area contributed by atoms with Crippen LogP contribution in [0.3, 0.4) is 0 Å². The summed E-state index contributed by atoms with van der Waals surface area (Å²) in [7, 11) is 0. The van der Waals surface area contributed by atoms with Crippen LogP contribution in [0, 0.1) is 0 Å². The number of hydrogen-bond donors (Lipinski definition) is 1. The van der Waals surface area contributed by atoms with Gasteiger partial charge in [-0.1, -0.05) is 25.3 Å². The van der Waals surface area contributed by atoms with E-state index in [0.29, 0.717) is 11.6 Å². The largest absolute Gasteiger partial charge is 0.349 e. The van der Waals surface area contributed by atoms with E-state index in [-0.39, 0.29) is 5.91 Å². The fourth-order valence-electron chi connectivity index (χ4n) is 2.65. The van der Waals surface area contributed by atoms with Crippen LogP contribution in [0.25, 0.3) is 10.8 Å². The maximum Gasteiger partial charge on any atom is 0.251 e. The lowest BCUT2D eigenvalue weighted by Crippen LogP contribution is -2.36. The molecule has 98 valence electrons. The quantitative estimate of drug-likeness (QED) is 0.897. The number of hydrogen-bond acceptors (Lipinski definition) is 3. The number of nitrogens with one attached hydrogen (secondary N) is 1. The Labute approximate surface area is 112 Å². The zero-order valence-corrected chi connectivity index (χ0v) is 10.8. The van der Waals surface area contributed by atoms with Crippen molar-refractivity contribution in [2.45, 2.75) is 38.1 Å². The van der Waals surface area contributed by atoms with Gasteiger partial charge in [0.05, 0.1) is 12.4 Å². The first-order valence-electron chi connectivity index (χ1n) is 6.84. The van der Waals surface area contributed by atoms with Gasteiger partial charge in [-0.3, -0.25) is 4.79 Å². The van der Waals surface area contributed by atoms with Gasteiger partial charge in [-0.15, -0.1) is 0 Å². The second-order valence-electron chi connectivity index (χ2n) is 5.14. The zero-order chi connectivity index (χ0) is 13.1. The van der Waals surface area contributed by atoms with Crippen LogP contribution >= 0.6 is 0 Å². The number of amides is 1. The van der Waals surface area contributed by atoms with E-state index in [1.807, 2.05) is 18.2 Å². The Morgan fingerprint density at radius 2 is 1.79 bits per heavy atom. The van der Waals surface area contributed by atoms with Gasteiger partial charge >= 0.3 is 0 Å². The molecule has 1 heterocycles. The molecule has 4 nitrogen and oxygen atoms in total. The number of benzene rings is 1. The van der Waals surface area contributed by atoms with Gasteiger partial charge in [0, 0.05) is 22.4 Å². The molecule has 19 heavy (non-hydrogen) atoms. The molecule has 1 aromatic heterocycles. The molecule has 1 N–H and O–H groups in total. The summed E-state index contributed by atoms with van der Waals surface area (Å²) in [5, 5.41) is 12.8. The lowest BCUT2D eigenvalue weighted by atomic mass is 9.95. The van der Waals surface area contributed by atoms with Crippen molar-refractivity contribution in [2.75, 3.05) is 0 Å². The summed E-state index contributed by atoms with van der Waals surface area (Å²) in [5.41, 5.74) is 0.700. The van der Waals surface area contributed by atoms with Gasteiger partial charge in [-0.2, -0.15) is 10.2 Å². The molecule has 0 bridgehead atoms. The van der Waals surface area contributed by atoms with Crippen LogP contribution < -0.4 is 5.32 Å². The summed E-state index contributed by atoms with van der Waals surface area (Å²) in [5.74, 6) is 0.0191. The van der Waals surface area contributed by atoms with Crippen LogP contribution in [0.2, 0.25) is 0 Å². The van der Waals surface area contributed by atoms with E-state index in [1.54, 1.807) is 12.4 Å². The molecule has 3 rings (SSSR count). The zero-order valence-electron chi connectivity index (χ0n) is 10.8. The average Bonchev–Trinajstić information content (AvgIpc) is 2.48. The molecular weight excluding hydrogens is 238 g/mol. The SMILES string of the molecule is O=C(NC1CCCCC1)c1ccc2cnncc2c1. The van der Waals surface area contributed by atoms with E-state index in [9.17, 15) is 4.79 Å². The van der Waals surface area contributed by atoms with Crippen LogP contribution in [0.4, 0.5) is 0 Å². The Morgan fingerprint density at radius 3 is 2.58 bits per heavy atom. The van der Waals surface area contributed by atoms with E-state index in [1.165, 1.54) is 19.3 Å². The first-order valence-corrected chi connectivity index (χ1v) is 6.84. The predicted octanol–water partition coefficient (Wildman–Crippen LogP) is 2.69. The van der Waals surface area contributed by atoms with Crippen LogP contribution in [0.5, 0.6) is 0 Å². The van der Waals surface area contributed by atoms with E-state index in [4.69, 9.17) is 0 Å². The molecule has 1 aromatic carbocycles. The first-order chi connectivity index (χ1) is 9.33. The average molecular weight is 255 g/mol. The van der Waals surface area contributed by atoms with Crippen molar-refractivity contribution in [3.8, 4) is 0 Å². The molecule has 0 saturated heterocycles. The summed E-state index contributed by atoms with van der Waals surface area (Å²) in [4.78, 5) is 12.2. The van der Waals surface area contributed by atoms with Crippen molar-refractivity contribution in [3.05, 3.63) is 36.2 Å². The standard InChI is InChI=1S/C15H17N3O/c19-15(18-14-4-2-1-3-5-14)11-6-7-12-9-16-17-10-13(12)8-11/h6-10,14H,1-5H2,(H,18,19). The molecule has 1 aliphatic carbocycles. The normalized spacial score (nSPS) is 16.4. The lowest BCUT2D eigenvalue weighted by Gasteiger charge is -2.22. The number of carbonyl (C=O) groups is 1. The highest BCUT2D eigenvalue weighted by Crippen LogP contribution is 2.18. The van der Waals surface area contributed by atoms with Gasteiger partial charge in [0.2, 0.25) is 0 Å². The Balaban J connectivity index is 1.77. The van der Waals surface area contributed by atoms with Crippen LogP contribution in [-0.4, -0.2) is 22.1 Å². The maximum absolute atomic E-state index is 12.2. The predicted molar refractivity (Wildman–Crippen MR) is 73.9 cm³/mol. The Kier molecular flexibility index (Phi) is 3.40. The number of nitrogens with zero attached hydrogens (tertiary/aromatic N) is 2. The summed E-state index contributed by atoms with van der Waals surface area (Å²) >= 11 is 0. The van der Waals surface area contributed by atoms with E-state index >= 15 is 0 Å². The molecule has 0 unspecified atom stereocenters. The third-order valence-electron chi connectivity index (χ3n) is 3.75. The molecule has 1 aliphatic rings. The van der Waals surface area contributed by atoms with Crippen molar-refractivity contribution < 1.29 is 4.79 Å². The Hall–Kier alpha value is -1.97. The number of aromatic nitrogens is 2. The fraction of sp³-hybridized carbons (Fsp3) is 0.400. The molecular formula is C15H17N3O. The molecule has 1 saturated carbocycles. The number of carbonyl (C=O) groups excluding carboxylic acids is 1. The lowest BCUT2D eigenvalue weighted by molar-refractivity contribution is 0.0928. The van der Waals surface area contributed by atoms with Gasteiger partial charge in [0.1, 0.15) is 0 Å². The van der Waals surface area contributed by atoms with E-state index in [2.05, 4.69) is 15.5 Å². The monoisotopic (exact) mass is 255 g/mol. The highest BCUT2D eigenvalue weighted by atomic mass is 16.1. The van der Waals surface area contributed by atoms with Crippen molar-refractivity contribution in [1.29, 1.82) is 0 Å². The fourth-order valence-corrected chi connectivity index (χ4v) is 2.65. The van der Waals surface area contributed by atoms with E-state index < -0.39 is 0 Å². The summed E-state index contributed by atoms with van der Waals surface area (Å²) in [6.07, 6.45) is 9.33. The van der Waals surface area contributed by atoms with E-state index in [0.717, 1.165) is 23.6 Å². The minimum absolute atomic E-state index is 0.0191. The Bertz CT molecular complexity index is 591. The van der Waals surface area contributed by atoms with Gasteiger partial charge < -0.3 is 5.32 Å². The minimum Gasteiger partial charge on any atom is -0.349 e. The van der Waals surface area contributed by atoms with Crippen LogP contribution in [0.15, 0.2) is 30.6 Å². The molecule has 0 radical (unpaired) electrons. The van der Waals surface area contributed by atoms with Crippen molar-refractivity contribution in [2.24, 2.45) is 0 Å². The second-order valence-corrected chi connectivity index (χ2v) is 5.14. The summed E-state index contributed by atoms with van der Waals surface area (Å²) in [6.45, 7) is 0. The minimum atomic E-state index is 0.0191. The molecule has 0 aliphatic heterocycles. The molecule has 0 atom stereocenters. The summed E-state index contributed by atoms with van der Waals surface area (Å²) in [6, 6.07) is 5.98. The third-order valence-corrected chi connectivity index (χ3v) is 3.75. The smallest absolute Gasteiger partial charge is 0.251 e. The highest BCUT2D eigenvalue weighted by molar-refractivity contribution is 5.98. The molecule has 1 fully saturated rings. The van der Waals surface area contributed by atoms with Crippen molar-refractivity contribution in [1.82, 2.24) is 15.5 Å². The van der Waals surface area contributed by atoms with Gasteiger partial charge in [0.25, 0.3) is 5.91 Å². The molecule has 2 aromatic rings. The highest BCUT2D eigenvalue weighted by Gasteiger charge is 2.16. The third kappa shape index (κ3) is 2.72. The number of rotatable bonds is 2. The van der Waals surface area contributed by atoms with Crippen molar-refractivity contribution in [3.63, 3.8) is 0 Å². The molecule has 1 amide bonds. The summed E-state index contributed by atoms with van der Waals surface area (Å²) < 4.78 is 0. The topological polar surface area (TPSA) is 54.9 Å². The van der Waals surface area contributed by atoms with Crippen molar-refractivity contribution >= 4 is 16.7 Å². The van der Waals surface area contributed by atoms with Gasteiger partial charge in [-0.05, 0) is 25.0 Å². The second kappa shape index (κ2) is 5.34. The number of fused-ring (bicyclic) bond motifs is 1. The van der Waals surface area contributed by atoms with Gasteiger partial charge in [0.15, 0.2) is 0 Å². The van der Waals surface area contributed by atoms with Crippen LogP contribution in [-0.2, 0) is 0 Å². The first kappa shape index (κ1) is 12.1. The molecule has 0 spiro atoms. The van der Waals surface area contributed by atoms with Crippen LogP contribution in [0.1, 0.15) is 42.5 Å².